The average Bonchev–Trinajstić information content (AvgIpc) is 3.42. The number of nitrogens with zero attached hydrogens (tertiary/aromatic N) is 1. The zero-order valence-electron chi connectivity index (χ0n) is 23.8. The third-order valence-electron chi connectivity index (χ3n) is 8.25. The van der Waals surface area contributed by atoms with Gasteiger partial charge in [-0.05, 0) is 25.3 Å². The van der Waals surface area contributed by atoms with Crippen LogP contribution < -0.4 is 0 Å². The third kappa shape index (κ3) is 5.16. The minimum Gasteiger partial charge on any atom is -0.333 e. The summed E-state index contributed by atoms with van der Waals surface area (Å²) in [6, 6.07) is 35.2. The lowest BCUT2D eigenvalue weighted by molar-refractivity contribution is 0.0988. The highest BCUT2D eigenvalue weighted by molar-refractivity contribution is 6.27. The van der Waals surface area contributed by atoms with Crippen LogP contribution in [0.15, 0.2) is 115 Å². The molecule has 0 unspecified atom stereocenters. The molecule has 1 aliphatic carbocycles. The third-order valence-corrected chi connectivity index (χ3v) is 8.25. The molecule has 208 valence electrons. The molecule has 1 fully saturated rings. The van der Waals surface area contributed by atoms with Gasteiger partial charge in [0.25, 0.3) is 0 Å². The van der Waals surface area contributed by atoms with Crippen LogP contribution in [0.2, 0.25) is 0 Å². The summed E-state index contributed by atoms with van der Waals surface area (Å²) in [4.78, 5) is 43.8. The molecule has 0 radical (unpaired) electrons. The van der Waals surface area contributed by atoms with Crippen LogP contribution in [0.1, 0.15) is 91.6 Å². The van der Waals surface area contributed by atoms with Crippen LogP contribution in [-0.2, 0) is 0 Å². The fraction of sp³-hybridized carbons (Fsp3) is 0.184. The summed E-state index contributed by atoms with van der Waals surface area (Å²) in [6.07, 6.45) is 4.94. The number of hydrogen-bond acceptors (Lipinski definition) is 3. The van der Waals surface area contributed by atoms with Gasteiger partial charge in [0.15, 0.2) is 11.6 Å². The smallest absolute Gasteiger partial charge is 0.210 e. The van der Waals surface area contributed by atoms with Crippen LogP contribution in [-0.4, -0.2) is 21.9 Å². The van der Waals surface area contributed by atoms with Crippen LogP contribution >= 0.6 is 0 Å². The van der Waals surface area contributed by atoms with Gasteiger partial charge in [-0.1, -0.05) is 140 Å². The van der Waals surface area contributed by atoms with Gasteiger partial charge >= 0.3 is 0 Å². The van der Waals surface area contributed by atoms with E-state index in [0.29, 0.717) is 33.6 Å². The van der Waals surface area contributed by atoms with Crippen LogP contribution in [0.5, 0.6) is 0 Å². The molecule has 4 heteroatoms. The minimum atomic E-state index is -0.322. The molecule has 1 heterocycles. The Balaban J connectivity index is 1.74. The summed E-state index contributed by atoms with van der Waals surface area (Å²) in [6.45, 7) is 1.98. The molecule has 6 rings (SSSR count). The van der Waals surface area contributed by atoms with Crippen molar-refractivity contribution in [2.24, 2.45) is 0 Å². The molecule has 0 bridgehead atoms. The summed E-state index contributed by atoms with van der Waals surface area (Å²) in [5.41, 5.74) is 4.70. The SMILES string of the molecule is Cc1ccc(C(=O)c2c(C(=O)c3ccccc3)c(C(=O)c3ccccc3)c(-c3ccccc3)n2C2CCCCC2)cc1. The zero-order valence-corrected chi connectivity index (χ0v) is 23.8. The predicted molar refractivity (Wildman–Crippen MR) is 166 cm³/mol. The van der Waals surface area contributed by atoms with Gasteiger partial charge in [0.2, 0.25) is 5.78 Å². The maximum Gasteiger partial charge on any atom is 0.210 e. The standard InChI is InChI=1S/C38H33NO3/c1-26-22-24-30(25-23-26)38(42)35-33(37(41)29-18-10-4-11-19-29)32(36(40)28-16-8-3-9-17-28)34(27-14-6-2-7-15-27)39(35)31-20-12-5-13-21-31/h2-4,6-11,14-19,22-25,31H,5,12-13,20-21H2,1H3. The van der Waals surface area contributed by atoms with E-state index in [2.05, 4.69) is 4.57 Å². The number of benzene rings is 4. The van der Waals surface area contributed by atoms with E-state index in [0.717, 1.165) is 43.2 Å². The second-order valence-electron chi connectivity index (χ2n) is 11.1. The lowest BCUT2D eigenvalue weighted by Crippen LogP contribution is -2.21. The number of carbonyl (C=O) groups excluding carboxylic acids is 3. The second-order valence-corrected chi connectivity index (χ2v) is 11.1. The maximum absolute atomic E-state index is 14.6. The molecule has 0 spiro atoms. The Labute approximate surface area is 246 Å². The average molecular weight is 552 g/mol. The molecule has 5 aromatic rings. The number of ketones is 3. The summed E-state index contributed by atoms with van der Waals surface area (Å²) in [5.74, 6) is -0.831. The van der Waals surface area contributed by atoms with Crippen molar-refractivity contribution in [3.63, 3.8) is 0 Å². The van der Waals surface area contributed by atoms with E-state index in [1.807, 2.05) is 97.9 Å². The van der Waals surface area contributed by atoms with E-state index in [-0.39, 0.29) is 29.0 Å². The Morgan fingerprint density at radius 3 is 1.57 bits per heavy atom. The fourth-order valence-corrected chi connectivity index (χ4v) is 6.15. The molecule has 0 saturated heterocycles. The molecular formula is C38H33NO3. The predicted octanol–water partition coefficient (Wildman–Crippen LogP) is 8.66. The lowest BCUT2D eigenvalue weighted by atomic mass is 9.90. The molecule has 4 nitrogen and oxygen atoms in total. The summed E-state index contributed by atoms with van der Waals surface area (Å²) < 4.78 is 2.06. The van der Waals surface area contributed by atoms with Crippen molar-refractivity contribution in [2.45, 2.75) is 45.1 Å². The van der Waals surface area contributed by atoms with Gasteiger partial charge in [0.05, 0.1) is 16.8 Å². The van der Waals surface area contributed by atoms with Gasteiger partial charge in [-0.15, -0.1) is 0 Å². The first-order chi connectivity index (χ1) is 20.5. The Morgan fingerprint density at radius 2 is 1.02 bits per heavy atom. The number of rotatable bonds is 8. The monoisotopic (exact) mass is 551 g/mol. The van der Waals surface area contributed by atoms with Gasteiger partial charge in [-0.25, -0.2) is 0 Å². The number of aromatic nitrogens is 1. The van der Waals surface area contributed by atoms with E-state index < -0.39 is 0 Å². The van der Waals surface area contributed by atoms with E-state index in [9.17, 15) is 14.4 Å². The minimum absolute atomic E-state index is 0.0157. The van der Waals surface area contributed by atoms with E-state index in [1.54, 1.807) is 24.3 Å². The first-order valence-corrected chi connectivity index (χ1v) is 14.7. The zero-order chi connectivity index (χ0) is 29.1. The Hall–Kier alpha value is -4.83. The quantitative estimate of drug-likeness (QED) is 0.181. The number of hydrogen-bond donors (Lipinski definition) is 0. The van der Waals surface area contributed by atoms with Crippen LogP contribution in [0.3, 0.4) is 0 Å². The van der Waals surface area contributed by atoms with Crippen molar-refractivity contribution in [3.8, 4) is 11.3 Å². The maximum atomic E-state index is 14.6. The first kappa shape index (κ1) is 27.3. The Kier molecular flexibility index (Phi) is 7.78. The molecule has 0 N–H and O–H groups in total. The molecule has 1 aliphatic rings. The second kappa shape index (κ2) is 12.0. The van der Waals surface area contributed by atoms with Gasteiger partial charge < -0.3 is 4.57 Å². The van der Waals surface area contributed by atoms with Gasteiger partial charge in [0.1, 0.15) is 5.69 Å². The van der Waals surface area contributed by atoms with Crippen molar-refractivity contribution in [1.29, 1.82) is 0 Å². The fourth-order valence-electron chi connectivity index (χ4n) is 6.15. The first-order valence-electron chi connectivity index (χ1n) is 14.7. The number of carbonyl (C=O) groups is 3. The highest BCUT2D eigenvalue weighted by Gasteiger charge is 2.38. The number of aryl methyl sites for hydroxylation is 1. The van der Waals surface area contributed by atoms with E-state index >= 15 is 0 Å². The Morgan fingerprint density at radius 1 is 0.548 bits per heavy atom. The van der Waals surface area contributed by atoms with Crippen LogP contribution in [0, 0.1) is 6.92 Å². The van der Waals surface area contributed by atoms with Gasteiger partial charge in [-0.2, -0.15) is 0 Å². The summed E-state index contributed by atoms with van der Waals surface area (Å²) >= 11 is 0. The van der Waals surface area contributed by atoms with Crippen LogP contribution in [0.25, 0.3) is 11.3 Å². The molecule has 0 aliphatic heterocycles. The van der Waals surface area contributed by atoms with E-state index in [4.69, 9.17) is 0 Å². The molecule has 4 aromatic carbocycles. The topological polar surface area (TPSA) is 56.1 Å². The van der Waals surface area contributed by atoms with E-state index in [1.165, 1.54) is 0 Å². The molecular weight excluding hydrogens is 518 g/mol. The highest BCUT2D eigenvalue weighted by Crippen LogP contribution is 2.42. The summed E-state index contributed by atoms with van der Waals surface area (Å²) in [5, 5.41) is 0. The molecule has 0 amide bonds. The van der Waals surface area contributed by atoms with Crippen molar-refractivity contribution >= 4 is 17.3 Å². The van der Waals surface area contributed by atoms with Crippen molar-refractivity contribution in [3.05, 3.63) is 154 Å². The van der Waals surface area contributed by atoms with Crippen molar-refractivity contribution in [2.75, 3.05) is 0 Å². The molecule has 42 heavy (non-hydrogen) atoms. The molecule has 1 saturated carbocycles. The molecule has 1 aromatic heterocycles. The Bertz CT molecular complexity index is 1730. The normalized spacial score (nSPS) is 13.5. The summed E-state index contributed by atoms with van der Waals surface area (Å²) in [7, 11) is 0. The largest absolute Gasteiger partial charge is 0.333 e. The highest BCUT2D eigenvalue weighted by atomic mass is 16.1. The van der Waals surface area contributed by atoms with Crippen molar-refractivity contribution < 1.29 is 14.4 Å². The van der Waals surface area contributed by atoms with Gasteiger partial charge in [-0.3, -0.25) is 14.4 Å². The van der Waals surface area contributed by atoms with Crippen LogP contribution in [0.4, 0.5) is 0 Å². The lowest BCUT2D eigenvalue weighted by Gasteiger charge is -2.28. The van der Waals surface area contributed by atoms with Crippen molar-refractivity contribution in [1.82, 2.24) is 4.57 Å². The molecule has 0 atom stereocenters. The van der Waals surface area contributed by atoms with Gasteiger partial charge in [0, 0.05) is 22.7 Å².